The molecule has 0 unspecified atom stereocenters. The molecule has 7 nitrogen and oxygen atoms in total. The molecule has 7 heteroatoms. The standard InChI is InChI=1S/C20H21N5O2/c1-14-8-15(2)10-16(9-14)20(26)24-6-7-25-19(12-24)18(22-23-25)13-27-17-4-3-5-21-11-17/h3-5,8-11H,6-7,12-13H2,1-2H3. The number of ether oxygens (including phenoxy) is 1. The fourth-order valence-electron chi connectivity index (χ4n) is 3.35. The molecule has 3 heterocycles. The van der Waals surface area contributed by atoms with E-state index in [2.05, 4.69) is 21.4 Å². The molecular formula is C20H21N5O2. The lowest BCUT2D eigenvalue weighted by Gasteiger charge is -2.28. The number of carbonyl (C=O) groups excluding carboxylic acids is 1. The van der Waals surface area contributed by atoms with Crippen LogP contribution in [-0.4, -0.2) is 37.3 Å². The summed E-state index contributed by atoms with van der Waals surface area (Å²) in [4.78, 5) is 18.8. The molecule has 1 aliphatic rings. The van der Waals surface area contributed by atoms with E-state index in [-0.39, 0.29) is 5.91 Å². The summed E-state index contributed by atoms with van der Waals surface area (Å²) in [5.41, 5.74) is 4.57. The average Bonchev–Trinajstić information content (AvgIpc) is 3.08. The Hall–Kier alpha value is -3.22. The summed E-state index contributed by atoms with van der Waals surface area (Å²) in [5, 5.41) is 8.43. The first-order chi connectivity index (χ1) is 13.1. The highest BCUT2D eigenvalue weighted by Crippen LogP contribution is 2.20. The number of hydrogen-bond donors (Lipinski definition) is 0. The van der Waals surface area contributed by atoms with Crippen LogP contribution in [0.1, 0.15) is 32.9 Å². The van der Waals surface area contributed by atoms with Gasteiger partial charge in [-0.25, -0.2) is 4.68 Å². The van der Waals surface area contributed by atoms with Crippen LogP contribution >= 0.6 is 0 Å². The Kier molecular flexibility index (Phi) is 4.58. The topological polar surface area (TPSA) is 73.1 Å². The number of amides is 1. The number of fused-ring (bicyclic) bond motifs is 1. The molecule has 1 aliphatic heterocycles. The van der Waals surface area contributed by atoms with Gasteiger partial charge in [0, 0.05) is 18.3 Å². The van der Waals surface area contributed by atoms with Crippen LogP contribution in [0.15, 0.2) is 42.7 Å². The average molecular weight is 363 g/mol. The van der Waals surface area contributed by atoms with Crippen LogP contribution in [0.3, 0.4) is 0 Å². The van der Waals surface area contributed by atoms with Gasteiger partial charge < -0.3 is 9.64 Å². The number of rotatable bonds is 4. The minimum Gasteiger partial charge on any atom is -0.486 e. The van der Waals surface area contributed by atoms with E-state index in [9.17, 15) is 4.79 Å². The van der Waals surface area contributed by atoms with Gasteiger partial charge in [0.05, 0.1) is 25.0 Å². The van der Waals surface area contributed by atoms with Crippen molar-refractivity contribution in [2.24, 2.45) is 0 Å². The van der Waals surface area contributed by atoms with E-state index in [0.29, 0.717) is 32.0 Å². The molecule has 0 radical (unpaired) electrons. The van der Waals surface area contributed by atoms with E-state index < -0.39 is 0 Å². The van der Waals surface area contributed by atoms with Crippen molar-refractivity contribution in [2.75, 3.05) is 6.54 Å². The lowest BCUT2D eigenvalue weighted by molar-refractivity contribution is 0.0704. The normalized spacial score (nSPS) is 13.3. The zero-order chi connectivity index (χ0) is 18.8. The largest absolute Gasteiger partial charge is 0.486 e. The maximum atomic E-state index is 13.0. The number of carbonyl (C=O) groups is 1. The van der Waals surface area contributed by atoms with E-state index in [1.165, 1.54) is 0 Å². The predicted octanol–water partition coefficient (Wildman–Crippen LogP) is 2.52. The summed E-state index contributed by atoms with van der Waals surface area (Å²) in [6.07, 6.45) is 3.36. The maximum Gasteiger partial charge on any atom is 0.254 e. The second-order valence-electron chi connectivity index (χ2n) is 6.79. The van der Waals surface area contributed by atoms with E-state index in [0.717, 1.165) is 28.1 Å². The Morgan fingerprint density at radius 1 is 1.19 bits per heavy atom. The van der Waals surface area contributed by atoms with Gasteiger partial charge in [-0.2, -0.15) is 0 Å². The zero-order valence-electron chi connectivity index (χ0n) is 15.4. The number of benzene rings is 1. The molecule has 27 heavy (non-hydrogen) atoms. The highest BCUT2D eigenvalue weighted by molar-refractivity contribution is 5.94. The van der Waals surface area contributed by atoms with Crippen molar-refractivity contribution in [3.63, 3.8) is 0 Å². The van der Waals surface area contributed by atoms with Crippen LogP contribution in [0.4, 0.5) is 0 Å². The molecule has 0 spiro atoms. The van der Waals surface area contributed by atoms with Gasteiger partial charge in [0.1, 0.15) is 18.1 Å². The Morgan fingerprint density at radius 2 is 2.00 bits per heavy atom. The first-order valence-corrected chi connectivity index (χ1v) is 8.92. The zero-order valence-corrected chi connectivity index (χ0v) is 15.4. The van der Waals surface area contributed by atoms with Gasteiger partial charge in [-0.05, 0) is 38.1 Å². The number of hydrogen-bond acceptors (Lipinski definition) is 5. The molecule has 0 saturated carbocycles. The Bertz CT molecular complexity index is 948. The second kappa shape index (κ2) is 7.19. The number of aryl methyl sites for hydroxylation is 2. The summed E-state index contributed by atoms with van der Waals surface area (Å²) in [6, 6.07) is 9.61. The smallest absolute Gasteiger partial charge is 0.254 e. The third-order valence-corrected chi connectivity index (χ3v) is 4.61. The molecule has 1 aromatic carbocycles. The summed E-state index contributed by atoms with van der Waals surface area (Å²) < 4.78 is 7.60. The molecule has 3 aromatic rings. The summed E-state index contributed by atoms with van der Waals surface area (Å²) in [6.45, 7) is 6.04. The van der Waals surface area contributed by atoms with Crippen molar-refractivity contribution in [2.45, 2.75) is 33.5 Å². The van der Waals surface area contributed by atoms with Crippen LogP contribution in [0, 0.1) is 13.8 Å². The van der Waals surface area contributed by atoms with E-state index in [4.69, 9.17) is 4.74 Å². The van der Waals surface area contributed by atoms with Crippen molar-refractivity contribution in [1.82, 2.24) is 24.9 Å². The molecule has 0 N–H and O–H groups in total. The SMILES string of the molecule is Cc1cc(C)cc(C(=O)N2CCn3nnc(COc4cccnc4)c3C2)c1. The Balaban J connectivity index is 1.50. The lowest BCUT2D eigenvalue weighted by Crippen LogP contribution is -2.38. The van der Waals surface area contributed by atoms with Gasteiger partial charge in [-0.3, -0.25) is 9.78 Å². The molecule has 1 amide bonds. The van der Waals surface area contributed by atoms with Crippen LogP contribution < -0.4 is 4.74 Å². The monoisotopic (exact) mass is 363 g/mol. The second-order valence-corrected chi connectivity index (χ2v) is 6.79. The molecule has 0 aliphatic carbocycles. The quantitative estimate of drug-likeness (QED) is 0.712. The van der Waals surface area contributed by atoms with Crippen molar-refractivity contribution < 1.29 is 9.53 Å². The van der Waals surface area contributed by atoms with Gasteiger partial charge in [0.2, 0.25) is 0 Å². The van der Waals surface area contributed by atoms with Crippen LogP contribution in [-0.2, 0) is 19.7 Å². The van der Waals surface area contributed by atoms with E-state index in [1.54, 1.807) is 12.4 Å². The van der Waals surface area contributed by atoms with E-state index >= 15 is 0 Å². The van der Waals surface area contributed by atoms with Crippen LogP contribution in [0.5, 0.6) is 5.75 Å². The first kappa shape index (κ1) is 17.2. The van der Waals surface area contributed by atoms with Crippen LogP contribution in [0.2, 0.25) is 0 Å². The molecule has 0 bridgehead atoms. The molecule has 138 valence electrons. The molecule has 0 saturated heterocycles. The van der Waals surface area contributed by atoms with Crippen molar-refractivity contribution in [1.29, 1.82) is 0 Å². The van der Waals surface area contributed by atoms with Crippen molar-refractivity contribution in [3.05, 3.63) is 70.8 Å². The third-order valence-electron chi connectivity index (χ3n) is 4.61. The first-order valence-electron chi connectivity index (χ1n) is 8.92. The minimum absolute atomic E-state index is 0.0355. The number of aromatic nitrogens is 4. The van der Waals surface area contributed by atoms with Gasteiger partial charge in [0.15, 0.2) is 0 Å². The fraction of sp³-hybridized carbons (Fsp3) is 0.300. The summed E-state index contributed by atoms with van der Waals surface area (Å²) in [5.74, 6) is 0.714. The van der Waals surface area contributed by atoms with Crippen molar-refractivity contribution >= 4 is 5.91 Å². The molecule has 0 fully saturated rings. The van der Waals surface area contributed by atoms with Gasteiger partial charge >= 0.3 is 0 Å². The molecule has 2 aromatic heterocycles. The maximum absolute atomic E-state index is 13.0. The third kappa shape index (κ3) is 3.67. The van der Waals surface area contributed by atoms with E-state index in [1.807, 2.05) is 47.7 Å². The number of pyridine rings is 1. The lowest BCUT2D eigenvalue weighted by atomic mass is 10.1. The number of nitrogens with zero attached hydrogens (tertiary/aromatic N) is 5. The minimum atomic E-state index is 0.0355. The van der Waals surface area contributed by atoms with Crippen LogP contribution in [0.25, 0.3) is 0 Å². The highest BCUT2D eigenvalue weighted by atomic mass is 16.5. The van der Waals surface area contributed by atoms with Gasteiger partial charge in [-0.1, -0.05) is 22.4 Å². The van der Waals surface area contributed by atoms with Crippen molar-refractivity contribution in [3.8, 4) is 5.75 Å². The highest BCUT2D eigenvalue weighted by Gasteiger charge is 2.26. The Labute approximate surface area is 157 Å². The molecule has 0 atom stereocenters. The summed E-state index contributed by atoms with van der Waals surface area (Å²) >= 11 is 0. The predicted molar refractivity (Wildman–Crippen MR) is 99.2 cm³/mol. The fourth-order valence-corrected chi connectivity index (χ4v) is 3.35. The Morgan fingerprint density at radius 3 is 2.74 bits per heavy atom. The van der Waals surface area contributed by atoms with Gasteiger partial charge in [0.25, 0.3) is 5.91 Å². The van der Waals surface area contributed by atoms with Gasteiger partial charge in [-0.15, -0.1) is 5.10 Å². The molecule has 4 rings (SSSR count). The molecular weight excluding hydrogens is 342 g/mol. The summed E-state index contributed by atoms with van der Waals surface area (Å²) in [7, 11) is 0.